The number of benzene rings is 2. The van der Waals surface area contributed by atoms with Gasteiger partial charge in [-0.05, 0) is 63.1 Å². The largest absolute Gasteiger partial charge is 0.372 e. The van der Waals surface area contributed by atoms with Crippen molar-refractivity contribution in [3.8, 4) is 0 Å². The van der Waals surface area contributed by atoms with Crippen molar-refractivity contribution in [1.82, 2.24) is 10.9 Å². The van der Waals surface area contributed by atoms with E-state index >= 15 is 0 Å². The quantitative estimate of drug-likeness (QED) is 0.349. The van der Waals surface area contributed by atoms with E-state index in [0.717, 1.165) is 48.7 Å². The average molecular weight is 465 g/mol. The van der Waals surface area contributed by atoms with E-state index in [1.54, 1.807) is 12.4 Å². The Kier molecular flexibility index (Phi) is 11.3. The van der Waals surface area contributed by atoms with E-state index in [2.05, 4.69) is 58.5 Å². The number of hydrogen-bond acceptors (Lipinski definition) is 6. The first-order chi connectivity index (χ1) is 16.5. The van der Waals surface area contributed by atoms with Crippen LogP contribution in [0.2, 0.25) is 0 Å². The molecule has 182 valence electrons. The summed E-state index contributed by atoms with van der Waals surface area (Å²) in [6.45, 7) is 12.3. The zero-order valence-corrected chi connectivity index (χ0v) is 20.6. The molecule has 0 saturated carbocycles. The SMILES string of the molecule is CCN(CC)c1ccc(/C=N\NC(=O)CCC(=O)N/N=C/c2ccc(N(CC)CC)cc2)cc1. The first kappa shape index (κ1) is 26.6. The molecule has 0 atom stereocenters. The number of carbonyl (C=O) groups excluding carboxylic acids is 2. The molecule has 8 nitrogen and oxygen atoms in total. The highest BCUT2D eigenvalue weighted by molar-refractivity contribution is 5.86. The molecule has 2 amide bonds. The van der Waals surface area contributed by atoms with Gasteiger partial charge in [-0.3, -0.25) is 9.59 Å². The van der Waals surface area contributed by atoms with Gasteiger partial charge in [0.05, 0.1) is 12.4 Å². The van der Waals surface area contributed by atoms with Gasteiger partial charge in [-0.15, -0.1) is 0 Å². The second kappa shape index (κ2) is 14.5. The van der Waals surface area contributed by atoms with E-state index in [1.165, 1.54) is 0 Å². The van der Waals surface area contributed by atoms with E-state index < -0.39 is 0 Å². The first-order valence-corrected chi connectivity index (χ1v) is 11.8. The average Bonchev–Trinajstić information content (AvgIpc) is 2.86. The van der Waals surface area contributed by atoms with Crippen LogP contribution in [0.5, 0.6) is 0 Å². The Morgan fingerprint density at radius 1 is 0.647 bits per heavy atom. The van der Waals surface area contributed by atoms with Crippen LogP contribution in [0.4, 0.5) is 11.4 Å². The molecule has 0 bridgehead atoms. The zero-order chi connectivity index (χ0) is 24.8. The number of hydrazone groups is 2. The monoisotopic (exact) mass is 464 g/mol. The molecule has 2 aromatic rings. The maximum Gasteiger partial charge on any atom is 0.240 e. The number of nitrogens with one attached hydrogen (secondary N) is 2. The molecule has 2 rings (SSSR count). The molecule has 8 heteroatoms. The Labute approximate surface area is 202 Å². The van der Waals surface area contributed by atoms with Crippen LogP contribution in [0.3, 0.4) is 0 Å². The lowest BCUT2D eigenvalue weighted by atomic mass is 10.2. The molecule has 0 aliphatic rings. The van der Waals surface area contributed by atoms with Crippen LogP contribution >= 0.6 is 0 Å². The molecule has 0 unspecified atom stereocenters. The first-order valence-electron chi connectivity index (χ1n) is 11.8. The van der Waals surface area contributed by atoms with Crippen molar-refractivity contribution in [1.29, 1.82) is 0 Å². The predicted octanol–water partition coefficient (Wildman–Crippen LogP) is 3.76. The van der Waals surface area contributed by atoms with Crippen molar-refractivity contribution in [2.24, 2.45) is 10.2 Å². The third-order valence-electron chi connectivity index (χ3n) is 5.43. The molecule has 0 aromatic heterocycles. The van der Waals surface area contributed by atoms with Crippen LogP contribution < -0.4 is 20.7 Å². The number of anilines is 2. The Morgan fingerprint density at radius 2 is 0.971 bits per heavy atom. The topological polar surface area (TPSA) is 89.4 Å². The van der Waals surface area contributed by atoms with Gasteiger partial charge in [0.25, 0.3) is 0 Å². The van der Waals surface area contributed by atoms with Gasteiger partial charge >= 0.3 is 0 Å². The van der Waals surface area contributed by atoms with Gasteiger partial charge in [0.1, 0.15) is 0 Å². The number of rotatable bonds is 13. The van der Waals surface area contributed by atoms with Gasteiger partial charge in [0.2, 0.25) is 11.8 Å². The molecule has 34 heavy (non-hydrogen) atoms. The smallest absolute Gasteiger partial charge is 0.240 e. The van der Waals surface area contributed by atoms with Crippen molar-refractivity contribution in [2.75, 3.05) is 36.0 Å². The molecular formula is C26H36N6O2. The number of amides is 2. The maximum atomic E-state index is 11.9. The molecule has 0 fully saturated rings. The van der Waals surface area contributed by atoms with E-state index in [9.17, 15) is 9.59 Å². The van der Waals surface area contributed by atoms with Gasteiger partial charge in [-0.1, -0.05) is 24.3 Å². The zero-order valence-electron chi connectivity index (χ0n) is 20.6. The van der Waals surface area contributed by atoms with Crippen LogP contribution in [0.1, 0.15) is 51.7 Å². The van der Waals surface area contributed by atoms with Crippen LogP contribution in [0.25, 0.3) is 0 Å². The van der Waals surface area contributed by atoms with Crippen LogP contribution in [-0.4, -0.2) is 50.4 Å². The fourth-order valence-corrected chi connectivity index (χ4v) is 3.42. The summed E-state index contributed by atoms with van der Waals surface area (Å²) in [5.74, 6) is -0.663. The van der Waals surface area contributed by atoms with Gasteiger partial charge in [0, 0.05) is 50.4 Å². The minimum absolute atomic E-state index is 0.0260. The van der Waals surface area contributed by atoms with Crippen molar-refractivity contribution >= 4 is 35.6 Å². The highest BCUT2D eigenvalue weighted by Crippen LogP contribution is 2.15. The summed E-state index contributed by atoms with van der Waals surface area (Å²) >= 11 is 0. The fourth-order valence-electron chi connectivity index (χ4n) is 3.42. The third-order valence-corrected chi connectivity index (χ3v) is 5.43. The maximum absolute atomic E-state index is 11.9. The summed E-state index contributed by atoms with van der Waals surface area (Å²) in [5.41, 5.74) is 8.96. The highest BCUT2D eigenvalue weighted by Gasteiger charge is 2.06. The third kappa shape index (κ3) is 8.69. The summed E-state index contributed by atoms with van der Waals surface area (Å²) in [7, 11) is 0. The molecule has 2 aromatic carbocycles. The molecule has 0 spiro atoms. The van der Waals surface area contributed by atoms with Crippen LogP contribution in [0, 0.1) is 0 Å². The normalized spacial score (nSPS) is 11.1. The van der Waals surface area contributed by atoms with Gasteiger partial charge < -0.3 is 9.80 Å². The summed E-state index contributed by atoms with van der Waals surface area (Å²) in [6.07, 6.45) is 3.22. The van der Waals surface area contributed by atoms with Crippen molar-refractivity contribution in [3.63, 3.8) is 0 Å². The summed E-state index contributed by atoms with van der Waals surface area (Å²) in [6, 6.07) is 15.9. The summed E-state index contributed by atoms with van der Waals surface area (Å²) in [4.78, 5) is 28.4. The second-order valence-electron chi connectivity index (χ2n) is 7.61. The Balaban J connectivity index is 1.71. The van der Waals surface area contributed by atoms with E-state index in [-0.39, 0.29) is 24.7 Å². The van der Waals surface area contributed by atoms with Gasteiger partial charge in [-0.25, -0.2) is 10.9 Å². The Bertz CT molecular complexity index is 867. The number of hydrogen-bond donors (Lipinski definition) is 2. The van der Waals surface area contributed by atoms with Crippen LogP contribution in [0.15, 0.2) is 58.7 Å². The van der Waals surface area contributed by atoms with E-state index in [1.807, 2.05) is 48.5 Å². The standard InChI is InChI=1S/C26H36N6O2/c1-5-31(6-2)23-13-9-21(10-14-23)19-27-29-25(33)17-18-26(34)30-28-20-22-11-15-24(16-12-22)32(7-3)8-4/h9-16,19-20H,5-8,17-18H2,1-4H3,(H,29,33)(H,30,34)/b27-19-,28-20+. The lowest BCUT2D eigenvalue weighted by Crippen LogP contribution is -2.23. The summed E-state index contributed by atoms with van der Waals surface area (Å²) < 4.78 is 0. The molecule has 0 radical (unpaired) electrons. The molecule has 0 aliphatic carbocycles. The van der Waals surface area contributed by atoms with Crippen molar-refractivity contribution in [3.05, 3.63) is 59.7 Å². The minimum Gasteiger partial charge on any atom is -0.372 e. The van der Waals surface area contributed by atoms with Crippen LogP contribution in [-0.2, 0) is 9.59 Å². The second-order valence-corrected chi connectivity index (χ2v) is 7.61. The van der Waals surface area contributed by atoms with E-state index in [4.69, 9.17) is 0 Å². The number of nitrogens with zero attached hydrogens (tertiary/aromatic N) is 4. The van der Waals surface area contributed by atoms with Gasteiger partial charge in [0.15, 0.2) is 0 Å². The lowest BCUT2D eigenvalue weighted by Gasteiger charge is -2.20. The molecular weight excluding hydrogens is 428 g/mol. The van der Waals surface area contributed by atoms with Crippen molar-refractivity contribution in [2.45, 2.75) is 40.5 Å². The minimum atomic E-state index is -0.331. The molecule has 0 heterocycles. The Hall–Kier alpha value is -3.68. The van der Waals surface area contributed by atoms with Gasteiger partial charge in [-0.2, -0.15) is 10.2 Å². The highest BCUT2D eigenvalue weighted by atomic mass is 16.2. The number of carbonyl (C=O) groups is 2. The molecule has 0 aliphatic heterocycles. The fraction of sp³-hybridized carbons (Fsp3) is 0.385. The van der Waals surface area contributed by atoms with E-state index in [0.29, 0.717) is 0 Å². The summed E-state index contributed by atoms with van der Waals surface area (Å²) in [5, 5.41) is 7.93. The van der Waals surface area contributed by atoms with Crippen molar-refractivity contribution < 1.29 is 9.59 Å². The lowest BCUT2D eigenvalue weighted by molar-refractivity contribution is -0.126. The predicted molar refractivity (Wildman–Crippen MR) is 141 cm³/mol. The molecule has 2 N–H and O–H groups in total. The molecule has 0 saturated heterocycles. The Morgan fingerprint density at radius 3 is 1.26 bits per heavy atom.